The molecule has 0 unspecified atom stereocenters. The zero-order valence-corrected chi connectivity index (χ0v) is 13.0. The van der Waals surface area contributed by atoms with Crippen LogP contribution in [0.2, 0.25) is 0 Å². The Balaban J connectivity index is 2.23. The molecule has 2 aromatic carbocycles. The van der Waals surface area contributed by atoms with E-state index in [4.69, 9.17) is 4.42 Å². The van der Waals surface area contributed by atoms with Crippen molar-refractivity contribution in [2.75, 3.05) is 0 Å². The van der Waals surface area contributed by atoms with E-state index in [2.05, 4.69) is 36.8 Å². The van der Waals surface area contributed by atoms with Crippen LogP contribution in [0.3, 0.4) is 0 Å². The van der Waals surface area contributed by atoms with Crippen LogP contribution in [0.15, 0.2) is 43.7 Å². The summed E-state index contributed by atoms with van der Waals surface area (Å²) in [5, 5.41) is 0. The Hall–Kier alpha value is -1.20. The van der Waals surface area contributed by atoms with E-state index >= 15 is 0 Å². The first-order valence-electron chi connectivity index (χ1n) is 5.57. The molecule has 5 heteroatoms. The average Bonchev–Trinajstić information content (AvgIpc) is 2.72. The molecule has 0 bridgehead atoms. The van der Waals surface area contributed by atoms with Crippen LogP contribution >= 0.6 is 31.9 Å². The average molecular weight is 385 g/mol. The standard InChI is InChI=1S/C14H8Br2FNO/c1-7-4-10(16)13-12(5-7)19-14(18-13)9-3-2-8(15)6-11(9)17/h2-6H,1H3. The van der Waals surface area contributed by atoms with Crippen molar-refractivity contribution in [3.05, 3.63) is 50.7 Å². The molecule has 0 saturated heterocycles. The highest BCUT2D eigenvalue weighted by atomic mass is 79.9. The monoisotopic (exact) mass is 383 g/mol. The number of oxazole rings is 1. The van der Waals surface area contributed by atoms with Gasteiger partial charge in [0.15, 0.2) is 5.58 Å². The van der Waals surface area contributed by atoms with E-state index in [1.807, 2.05) is 19.1 Å². The largest absolute Gasteiger partial charge is 0.436 e. The lowest BCUT2D eigenvalue weighted by atomic mass is 10.2. The molecule has 0 aliphatic carbocycles. The first kappa shape index (κ1) is 12.8. The second-order valence-electron chi connectivity index (χ2n) is 4.24. The van der Waals surface area contributed by atoms with Gasteiger partial charge in [0.05, 0.1) is 5.56 Å². The van der Waals surface area contributed by atoms with Gasteiger partial charge in [-0.25, -0.2) is 9.37 Å². The minimum absolute atomic E-state index is 0.284. The molecule has 2 nitrogen and oxygen atoms in total. The highest BCUT2D eigenvalue weighted by Crippen LogP contribution is 2.31. The molecule has 0 N–H and O–H groups in total. The fourth-order valence-electron chi connectivity index (χ4n) is 1.90. The van der Waals surface area contributed by atoms with Crippen LogP contribution in [0.4, 0.5) is 4.39 Å². The summed E-state index contributed by atoms with van der Waals surface area (Å²) in [7, 11) is 0. The third-order valence-electron chi connectivity index (χ3n) is 2.75. The number of nitrogens with zero attached hydrogens (tertiary/aromatic N) is 1. The number of hydrogen-bond acceptors (Lipinski definition) is 2. The summed E-state index contributed by atoms with van der Waals surface area (Å²) in [6.45, 7) is 1.96. The Morgan fingerprint density at radius 3 is 2.68 bits per heavy atom. The summed E-state index contributed by atoms with van der Waals surface area (Å²) >= 11 is 6.67. The van der Waals surface area contributed by atoms with Gasteiger partial charge in [-0.3, -0.25) is 0 Å². The van der Waals surface area contributed by atoms with Gasteiger partial charge < -0.3 is 4.42 Å². The van der Waals surface area contributed by atoms with Crippen LogP contribution in [-0.4, -0.2) is 4.98 Å². The smallest absolute Gasteiger partial charge is 0.230 e. The molecule has 0 fully saturated rings. The molecule has 1 aromatic heterocycles. The van der Waals surface area contributed by atoms with Crippen LogP contribution in [0.25, 0.3) is 22.6 Å². The molecule has 3 rings (SSSR count). The van der Waals surface area contributed by atoms with E-state index in [0.29, 0.717) is 21.1 Å². The summed E-state index contributed by atoms with van der Waals surface area (Å²) < 4.78 is 21.1. The summed E-state index contributed by atoms with van der Waals surface area (Å²) in [6, 6.07) is 8.63. The molecule has 0 aliphatic heterocycles. The topological polar surface area (TPSA) is 26.0 Å². The normalized spacial score (nSPS) is 11.2. The number of halogens is 3. The van der Waals surface area contributed by atoms with Gasteiger partial charge >= 0.3 is 0 Å². The van der Waals surface area contributed by atoms with Gasteiger partial charge in [0.25, 0.3) is 0 Å². The molecular weight excluding hydrogens is 377 g/mol. The van der Waals surface area contributed by atoms with Crippen molar-refractivity contribution in [2.24, 2.45) is 0 Å². The predicted molar refractivity (Wildman–Crippen MR) is 79.5 cm³/mol. The van der Waals surface area contributed by atoms with Gasteiger partial charge in [-0.15, -0.1) is 0 Å². The number of benzene rings is 2. The second kappa shape index (κ2) is 4.72. The quantitative estimate of drug-likeness (QED) is 0.556. The van der Waals surface area contributed by atoms with Crippen LogP contribution in [-0.2, 0) is 0 Å². The first-order chi connectivity index (χ1) is 9.04. The van der Waals surface area contributed by atoms with Crippen molar-refractivity contribution >= 4 is 43.0 Å². The van der Waals surface area contributed by atoms with Gasteiger partial charge in [-0.1, -0.05) is 15.9 Å². The molecule has 0 atom stereocenters. The van der Waals surface area contributed by atoms with Gasteiger partial charge in [0, 0.05) is 8.95 Å². The summed E-state index contributed by atoms with van der Waals surface area (Å²) in [4.78, 5) is 4.35. The zero-order chi connectivity index (χ0) is 13.6. The molecule has 0 spiro atoms. The van der Waals surface area contributed by atoms with Gasteiger partial charge in [0.2, 0.25) is 5.89 Å². The fraction of sp³-hybridized carbons (Fsp3) is 0.0714. The lowest BCUT2D eigenvalue weighted by Crippen LogP contribution is -1.84. The lowest BCUT2D eigenvalue weighted by Gasteiger charge is -1.97. The minimum Gasteiger partial charge on any atom is -0.436 e. The third-order valence-corrected chi connectivity index (χ3v) is 3.85. The van der Waals surface area contributed by atoms with Gasteiger partial charge in [0.1, 0.15) is 11.3 Å². The van der Waals surface area contributed by atoms with Crippen molar-refractivity contribution in [1.82, 2.24) is 4.98 Å². The number of aromatic nitrogens is 1. The molecule has 96 valence electrons. The van der Waals surface area contributed by atoms with Crippen molar-refractivity contribution in [3.63, 3.8) is 0 Å². The zero-order valence-electron chi connectivity index (χ0n) is 9.88. The molecule has 1 heterocycles. The summed E-state index contributed by atoms with van der Waals surface area (Å²) in [5.41, 5.74) is 2.74. The maximum absolute atomic E-state index is 13.9. The Morgan fingerprint density at radius 2 is 1.95 bits per heavy atom. The van der Waals surface area contributed by atoms with Crippen molar-refractivity contribution < 1.29 is 8.81 Å². The number of fused-ring (bicyclic) bond motifs is 1. The second-order valence-corrected chi connectivity index (χ2v) is 6.01. The fourth-order valence-corrected chi connectivity index (χ4v) is 2.87. The van der Waals surface area contributed by atoms with Gasteiger partial charge in [-0.2, -0.15) is 0 Å². The highest BCUT2D eigenvalue weighted by molar-refractivity contribution is 9.11. The van der Waals surface area contributed by atoms with E-state index < -0.39 is 0 Å². The van der Waals surface area contributed by atoms with Crippen molar-refractivity contribution in [1.29, 1.82) is 0 Å². The highest BCUT2D eigenvalue weighted by Gasteiger charge is 2.14. The summed E-state index contributed by atoms with van der Waals surface area (Å²) in [6.07, 6.45) is 0. The number of hydrogen-bond donors (Lipinski definition) is 0. The minimum atomic E-state index is -0.367. The maximum Gasteiger partial charge on any atom is 0.230 e. The Labute approximate surface area is 125 Å². The van der Waals surface area contributed by atoms with E-state index in [1.54, 1.807) is 12.1 Å². The van der Waals surface area contributed by atoms with Crippen molar-refractivity contribution in [2.45, 2.75) is 6.92 Å². The summed E-state index contributed by atoms with van der Waals surface area (Å²) in [5.74, 6) is -0.0833. The molecule has 0 amide bonds. The van der Waals surface area contributed by atoms with E-state index in [0.717, 1.165) is 10.0 Å². The third kappa shape index (κ3) is 2.32. The first-order valence-corrected chi connectivity index (χ1v) is 7.15. The van der Waals surface area contributed by atoms with Crippen LogP contribution < -0.4 is 0 Å². The number of aryl methyl sites for hydroxylation is 1. The van der Waals surface area contributed by atoms with Crippen LogP contribution in [0.5, 0.6) is 0 Å². The van der Waals surface area contributed by atoms with Crippen LogP contribution in [0.1, 0.15) is 5.56 Å². The molecule has 0 aliphatic rings. The van der Waals surface area contributed by atoms with Crippen molar-refractivity contribution in [3.8, 4) is 11.5 Å². The van der Waals surface area contributed by atoms with E-state index in [9.17, 15) is 4.39 Å². The van der Waals surface area contributed by atoms with Gasteiger partial charge in [-0.05, 0) is 58.7 Å². The van der Waals surface area contributed by atoms with E-state index in [1.165, 1.54) is 6.07 Å². The molecule has 19 heavy (non-hydrogen) atoms. The number of rotatable bonds is 1. The maximum atomic E-state index is 13.9. The molecule has 0 radical (unpaired) electrons. The Bertz CT molecular complexity index is 782. The lowest BCUT2D eigenvalue weighted by molar-refractivity contribution is 0.593. The van der Waals surface area contributed by atoms with E-state index in [-0.39, 0.29) is 11.7 Å². The molecule has 3 aromatic rings. The predicted octanol–water partition coefficient (Wildman–Crippen LogP) is 5.47. The van der Waals surface area contributed by atoms with Crippen LogP contribution in [0, 0.1) is 12.7 Å². The molecular formula is C14H8Br2FNO. The Morgan fingerprint density at radius 1 is 1.16 bits per heavy atom. The molecule has 0 saturated carbocycles. The SMILES string of the molecule is Cc1cc(Br)c2nc(-c3ccc(Br)cc3F)oc2c1. The Kier molecular flexibility index (Phi) is 3.19.